The van der Waals surface area contributed by atoms with Gasteiger partial charge < -0.3 is 0 Å². The van der Waals surface area contributed by atoms with E-state index in [-0.39, 0.29) is 7.43 Å². The summed E-state index contributed by atoms with van der Waals surface area (Å²) in [7, 11) is 0. The van der Waals surface area contributed by atoms with Crippen LogP contribution in [0.5, 0.6) is 0 Å². The van der Waals surface area contributed by atoms with Crippen LogP contribution in [0.3, 0.4) is 0 Å². The molecule has 0 aromatic carbocycles. The Morgan fingerprint density at radius 1 is 1.00 bits per heavy atom. The van der Waals surface area contributed by atoms with Gasteiger partial charge in [0, 0.05) is 0 Å². The Labute approximate surface area is 34.2 Å². The van der Waals surface area contributed by atoms with Gasteiger partial charge in [0.1, 0.15) is 0 Å². The van der Waals surface area contributed by atoms with Gasteiger partial charge in [-0.25, -0.2) is 0 Å². The molecule has 0 aliphatic rings. The Morgan fingerprint density at radius 3 is 1.00 bits per heavy atom. The molecule has 0 rings (SSSR count). The molecule has 3 nitrogen and oxygen atoms in total. The van der Waals surface area contributed by atoms with Crippen molar-refractivity contribution in [1.29, 1.82) is 0 Å². The standard InChI is InChI=1S/CH4.3O.V/h1H4;;;;. The first-order valence-corrected chi connectivity index (χ1v) is 2.26. The molecule has 0 radical (unpaired) electrons. The van der Waals surface area contributed by atoms with Gasteiger partial charge in [0.25, 0.3) is 0 Å². The molecule has 0 aliphatic carbocycles. The maximum atomic E-state index is 8.56. The van der Waals surface area contributed by atoms with Crippen LogP contribution in [-0.2, 0) is 26.0 Å². The summed E-state index contributed by atoms with van der Waals surface area (Å²) >= 11 is -3.94. The molecule has 0 atom stereocenters. The fourth-order valence-electron chi connectivity index (χ4n) is 0. The zero-order valence-electron chi connectivity index (χ0n) is 1.67. The monoisotopic (exact) mass is 115 g/mol. The molecule has 0 aromatic heterocycles. The van der Waals surface area contributed by atoms with Crippen molar-refractivity contribution in [3.05, 3.63) is 0 Å². The van der Waals surface area contributed by atoms with Crippen LogP contribution in [0.25, 0.3) is 0 Å². The molecule has 5 heavy (non-hydrogen) atoms. The molecule has 0 aromatic rings. The third kappa shape index (κ3) is 64600. The molecule has 31 valence electrons. The third-order valence-corrected chi connectivity index (χ3v) is 0. The molecule has 0 fully saturated rings. The third-order valence-electron chi connectivity index (χ3n) is 0. The maximum absolute atomic E-state index is 8.56. The van der Waals surface area contributed by atoms with E-state index in [0.717, 1.165) is 0 Å². The van der Waals surface area contributed by atoms with Gasteiger partial charge in [-0.1, -0.05) is 7.43 Å². The average molecular weight is 115 g/mol. The molecule has 0 saturated heterocycles. The van der Waals surface area contributed by atoms with Gasteiger partial charge in [-0.15, -0.1) is 0 Å². The number of hydrogen-bond acceptors (Lipinski definition) is 3. The predicted molar refractivity (Wildman–Crippen MR) is 8.79 cm³/mol. The van der Waals surface area contributed by atoms with Crippen molar-refractivity contribution >= 4 is 0 Å². The number of rotatable bonds is 0. The Morgan fingerprint density at radius 2 is 1.00 bits per heavy atom. The second kappa shape index (κ2) is 3.98. The predicted octanol–water partition coefficient (Wildman–Crippen LogP) is 0.277. The van der Waals surface area contributed by atoms with Crippen molar-refractivity contribution in [3.63, 3.8) is 0 Å². The minimum atomic E-state index is -3.94. The topological polar surface area (TPSA) is 51.2 Å². The van der Waals surface area contributed by atoms with Crippen LogP contribution in [0.15, 0.2) is 0 Å². The van der Waals surface area contributed by atoms with Gasteiger partial charge in [0.15, 0.2) is 0 Å². The van der Waals surface area contributed by atoms with Crippen molar-refractivity contribution < 1.29 is 26.0 Å². The van der Waals surface area contributed by atoms with Crippen molar-refractivity contribution in [2.45, 2.75) is 7.43 Å². The molecule has 4 heteroatoms. The van der Waals surface area contributed by atoms with Crippen molar-refractivity contribution in [2.24, 2.45) is 0 Å². The Hall–Kier alpha value is -0.0156. The van der Waals surface area contributed by atoms with Crippen LogP contribution in [-0.4, -0.2) is 0 Å². The van der Waals surface area contributed by atoms with Crippen LogP contribution in [0.4, 0.5) is 0 Å². The Bertz CT molecular complexity index is 76.3. The first-order chi connectivity index (χ1) is 1.73. The van der Waals surface area contributed by atoms with Crippen LogP contribution < -0.4 is 0 Å². The summed E-state index contributed by atoms with van der Waals surface area (Å²) in [6, 6.07) is 0. The summed E-state index contributed by atoms with van der Waals surface area (Å²) in [5, 5.41) is 0. The van der Waals surface area contributed by atoms with E-state index in [9.17, 15) is 0 Å². The zero-order valence-corrected chi connectivity index (χ0v) is 3.07. The van der Waals surface area contributed by atoms with Gasteiger partial charge in [0.05, 0.1) is 0 Å². The van der Waals surface area contributed by atoms with Gasteiger partial charge >= 0.3 is 26.0 Å². The molecule has 0 saturated carbocycles. The van der Waals surface area contributed by atoms with E-state index >= 15 is 0 Å². The Balaban J connectivity index is 0. The van der Waals surface area contributed by atoms with E-state index in [0.29, 0.717) is 0 Å². The second-order valence-electron chi connectivity index (χ2n) is 0.224. The molecule has 0 spiro atoms. The van der Waals surface area contributed by atoms with Crippen molar-refractivity contribution in [2.75, 3.05) is 0 Å². The fourth-order valence-corrected chi connectivity index (χ4v) is 0. The molecule has 0 amide bonds. The van der Waals surface area contributed by atoms with E-state index in [1.54, 1.807) is 0 Å². The molecular weight excluding hydrogens is 111 g/mol. The molecule has 0 N–H and O–H groups in total. The summed E-state index contributed by atoms with van der Waals surface area (Å²) in [4.78, 5) is 0. The van der Waals surface area contributed by atoms with Crippen molar-refractivity contribution in [3.8, 4) is 0 Å². The average Bonchev–Trinajstić information content (AvgIpc) is 0.811. The fraction of sp³-hybridized carbons (Fsp3) is 1.00. The normalized spacial score (nSPS) is 4.80. The first kappa shape index (κ1) is 8.88. The SMILES string of the molecule is C.[O]=[V](=[O])=[O]. The molecule has 0 heterocycles. The summed E-state index contributed by atoms with van der Waals surface area (Å²) in [5.41, 5.74) is 0. The molecule has 0 bridgehead atoms. The molecule has 0 aliphatic heterocycles. The van der Waals surface area contributed by atoms with Crippen LogP contribution in [0, 0.1) is 0 Å². The minimum absolute atomic E-state index is 0. The second-order valence-corrected chi connectivity index (χ2v) is 0.922. The van der Waals surface area contributed by atoms with E-state index in [1.165, 1.54) is 0 Å². The molecular formula is CH4O3V. The summed E-state index contributed by atoms with van der Waals surface area (Å²) in [6.07, 6.45) is 0. The van der Waals surface area contributed by atoms with E-state index < -0.39 is 15.0 Å². The van der Waals surface area contributed by atoms with Gasteiger partial charge in [-0.3, -0.25) is 0 Å². The summed E-state index contributed by atoms with van der Waals surface area (Å²) < 4.78 is 25.7. The van der Waals surface area contributed by atoms with Crippen LogP contribution in [0.2, 0.25) is 0 Å². The van der Waals surface area contributed by atoms with E-state index in [2.05, 4.69) is 0 Å². The zero-order chi connectivity index (χ0) is 3.58. The van der Waals surface area contributed by atoms with Gasteiger partial charge in [-0.05, 0) is 0 Å². The first-order valence-electron chi connectivity index (χ1n) is 0.548. The quantitative estimate of drug-likeness (QED) is 0.455. The van der Waals surface area contributed by atoms with E-state index in [1.807, 2.05) is 0 Å². The van der Waals surface area contributed by atoms with Gasteiger partial charge in [0.2, 0.25) is 0 Å². The van der Waals surface area contributed by atoms with Crippen molar-refractivity contribution in [1.82, 2.24) is 0 Å². The van der Waals surface area contributed by atoms with Gasteiger partial charge in [-0.2, -0.15) is 0 Å². The van der Waals surface area contributed by atoms with Crippen LogP contribution in [0.1, 0.15) is 7.43 Å². The van der Waals surface area contributed by atoms with Crippen LogP contribution >= 0.6 is 0 Å². The summed E-state index contributed by atoms with van der Waals surface area (Å²) in [6.45, 7) is 0. The molecule has 0 unspecified atom stereocenters. The summed E-state index contributed by atoms with van der Waals surface area (Å²) in [5.74, 6) is 0. The Kier molecular flexibility index (Phi) is 7.08. The van der Waals surface area contributed by atoms with E-state index in [4.69, 9.17) is 11.0 Å². The number of hydrogen-bond donors (Lipinski definition) is 0.